The van der Waals surface area contributed by atoms with E-state index in [4.69, 9.17) is 0 Å². The fourth-order valence-corrected chi connectivity index (χ4v) is 2.36. The summed E-state index contributed by atoms with van der Waals surface area (Å²) in [5.41, 5.74) is -0.0325. The van der Waals surface area contributed by atoms with Crippen LogP contribution >= 0.6 is 0 Å². The van der Waals surface area contributed by atoms with E-state index < -0.39 is 0 Å². The van der Waals surface area contributed by atoms with Gasteiger partial charge in [0.05, 0.1) is 0 Å². The van der Waals surface area contributed by atoms with Crippen LogP contribution in [0.2, 0.25) is 4.44 Å². The Balaban J connectivity index is 3.67. The van der Waals surface area contributed by atoms with E-state index in [1.165, 1.54) is 36.5 Å². The van der Waals surface area contributed by atoms with Crippen molar-refractivity contribution in [1.29, 1.82) is 0 Å². The van der Waals surface area contributed by atoms with Crippen molar-refractivity contribution < 1.29 is 0 Å². The summed E-state index contributed by atoms with van der Waals surface area (Å²) in [6.45, 7) is 11.6. The molecule has 0 amide bonds. The number of allylic oxidation sites excluding steroid dienone is 3. The summed E-state index contributed by atoms with van der Waals surface area (Å²) < 4.78 is 1.41. The normalized spacial score (nSPS) is 11.0. The van der Waals surface area contributed by atoms with Gasteiger partial charge in [-0.05, 0) is 0 Å². The van der Waals surface area contributed by atoms with E-state index in [1.54, 1.807) is 22.5 Å². The van der Waals surface area contributed by atoms with Crippen molar-refractivity contribution in [2.24, 2.45) is 5.41 Å². The molecule has 0 rings (SSSR count). The second kappa shape index (κ2) is 9.26. The molecule has 0 aliphatic rings. The van der Waals surface area contributed by atoms with Gasteiger partial charge in [-0.2, -0.15) is 0 Å². The molecule has 1 heteroatoms. The third-order valence-corrected chi connectivity index (χ3v) is 3.94. The summed E-state index contributed by atoms with van der Waals surface area (Å²) in [7, 11) is 0. The Bertz CT molecular complexity index is 172. The van der Waals surface area contributed by atoms with Crippen LogP contribution in [-0.2, 0) is 0 Å². The molecular weight excluding hydrogens is 287 g/mol. The Morgan fingerprint density at radius 3 is 1.73 bits per heavy atom. The second-order valence-corrected chi connectivity index (χ2v) is 5.42. The Kier molecular flexibility index (Phi) is 9.27. The average Bonchev–Trinajstić information content (AvgIpc) is 2.29. The quantitative estimate of drug-likeness (QED) is 0.317. The van der Waals surface area contributed by atoms with Crippen molar-refractivity contribution in [2.75, 3.05) is 0 Å². The third kappa shape index (κ3) is 6.24. The van der Waals surface area contributed by atoms with E-state index in [1.807, 2.05) is 18.2 Å². The van der Waals surface area contributed by atoms with Crippen LogP contribution in [0.3, 0.4) is 0 Å². The zero-order valence-electron chi connectivity index (χ0n) is 9.80. The summed E-state index contributed by atoms with van der Waals surface area (Å²) in [6, 6.07) is 0. The molecule has 0 saturated carbocycles. The first-order valence-electron chi connectivity index (χ1n) is 5.80. The van der Waals surface area contributed by atoms with Crippen LogP contribution in [0.4, 0.5) is 0 Å². The molecule has 0 spiro atoms. The van der Waals surface area contributed by atoms with Crippen LogP contribution in [0.5, 0.6) is 0 Å². The topological polar surface area (TPSA) is 0 Å². The minimum absolute atomic E-state index is 0.0325. The van der Waals surface area contributed by atoms with E-state index >= 15 is 0 Å². The summed E-state index contributed by atoms with van der Waals surface area (Å²) in [4.78, 5) is 0. The van der Waals surface area contributed by atoms with E-state index in [0.29, 0.717) is 0 Å². The van der Waals surface area contributed by atoms with Crippen LogP contribution in [0, 0.1) is 5.41 Å². The van der Waals surface area contributed by atoms with E-state index in [9.17, 15) is 0 Å². The molecule has 3 radical (unpaired) electrons. The first kappa shape index (κ1) is 15.0. The summed E-state index contributed by atoms with van der Waals surface area (Å²) in [6.07, 6.45) is 13.8. The molecule has 0 saturated heterocycles. The Morgan fingerprint density at radius 1 is 0.800 bits per heavy atom. The van der Waals surface area contributed by atoms with E-state index in [2.05, 4.69) is 19.7 Å². The molecule has 0 heterocycles. The predicted molar refractivity (Wildman–Crippen MR) is 71.3 cm³/mol. The number of rotatable bonds is 10. The van der Waals surface area contributed by atoms with Crippen molar-refractivity contribution >= 4 is 22.5 Å². The molecule has 0 N–H and O–H groups in total. The van der Waals surface area contributed by atoms with Crippen molar-refractivity contribution in [1.82, 2.24) is 0 Å². The molecule has 15 heavy (non-hydrogen) atoms. The van der Waals surface area contributed by atoms with Crippen LogP contribution in [-0.4, -0.2) is 22.5 Å². The van der Waals surface area contributed by atoms with Crippen molar-refractivity contribution in [3.63, 3.8) is 0 Å². The van der Waals surface area contributed by atoms with Crippen molar-refractivity contribution in [3.05, 3.63) is 38.0 Å². The van der Waals surface area contributed by atoms with Gasteiger partial charge in [0.2, 0.25) is 0 Å². The second-order valence-electron chi connectivity index (χ2n) is 3.99. The van der Waals surface area contributed by atoms with Gasteiger partial charge in [0.1, 0.15) is 0 Å². The van der Waals surface area contributed by atoms with Gasteiger partial charge in [-0.25, -0.2) is 0 Å². The van der Waals surface area contributed by atoms with Gasteiger partial charge in [-0.1, -0.05) is 0 Å². The van der Waals surface area contributed by atoms with Gasteiger partial charge in [-0.15, -0.1) is 0 Å². The average molecular weight is 310 g/mol. The number of hydrogen-bond acceptors (Lipinski definition) is 0. The van der Waals surface area contributed by atoms with Gasteiger partial charge in [-0.3, -0.25) is 0 Å². The van der Waals surface area contributed by atoms with Crippen molar-refractivity contribution in [3.8, 4) is 0 Å². The van der Waals surface area contributed by atoms with Gasteiger partial charge < -0.3 is 0 Å². The van der Waals surface area contributed by atoms with Crippen molar-refractivity contribution in [2.45, 2.75) is 43.0 Å². The predicted octanol–water partition coefficient (Wildman–Crippen LogP) is 4.46. The summed E-state index contributed by atoms with van der Waals surface area (Å²) >= 11 is 1.67. The molecule has 0 bridgehead atoms. The molecule has 0 aromatic carbocycles. The fourth-order valence-electron chi connectivity index (χ4n) is 1.64. The monoisotopic (exact) mass is 311 g/mol. The SMILES string of the molecule is C=CC(C=C)(C=C)CCCCCC[CH2][Sn]. The van der Waals surface area contributed by atoms with Crippen LogP contribution in [0.15, 0.2) is 38.0 Å². The van der Waals surface area contributed by atoms with Crippen LogP contribution < -0.4 is 0 Å². The number of unbranched alkanes of at least 4 members (excludes halogenated alkanes) is 4. The van der Waals surface area contributed by atoms with Crippen LogP contribution in [0.25, 0.3) is 0 Å². The molecule has 0 nitrogen and oxygen atoms in total. The molecule has 0 aliphatic heterocycles. The zero-order valence-corrected chi connectivity index (χ0v) is 12.7. The number of hydrogen-bond donors (Lipinski definition) is 0. The summed E-state index contributed by atoms with van der Waals surface area (Å²) in [5, 5.41) is 0. The fraction of sp³-hybridized carbons (Fsp3) is 0.571. The van der Waals surface area contributed by atoms with Gasteiger partial charge in [0.15, 0.2) is 0 Å². The molecule has 0 aromatic heterocycles. The standard InChI is InChI=1S/C14H23.Sn/c1-5-9-10-11-12-13-14(6-2,7-3)8-4;/h6-8H,1-5,9-13H2;. The van der Waals surface area contributed by atoms with Crippen LogP contribution in [0.1, 0.15) is 38.5 Å². The first-order valence-corrected chi connectivity index (χ1v) is 7.82. The maximum absolute atomic E-state index is 3.86. The molecule has 0 atom stereocenters. The Morgan fingerprint density at radius 2 is 1.27 bits per heavy atom. The Labute approximate surface area is 109 Å². The molecular formula is C14H23Sn. The Hall–Kier alpha value is 0.0187. The molecule has 83 valence electrons. The van der Waals surface area contributed by atoms with Gasteiger partial charge in [0.25, 0.3) is 0 Å². The molecule has 0 fully saturated rings. The first-order chi connectivity index (χ1) is 7.24. The summed E-state index contributed by atoms with van der Waals surface area (Å²) in [5.74, 6) is 0. The van der Waals surface area contributed by atoms with Gasteiger partial charge >= 0.3 is 109 Å². The van der Waals surface area contributed by atoms with E-state index in [-0.39, 0.29) is 5.41 Å². The van der Waals surface area contributed by atoms with Gasteiger partial charge in [0, 0.05) is 0 Å². The zero-order chi connectivity index (χ0) is 11.6. The third-order valence-electron chi connectivity index (χ3n) is 2.93. The molecule has 0 unspecified atom stereocenters. The maximum atomic E-state index is 3.86. The molecule has 0 aromatic rings. The van der Waals surface area contributed by atoms with E-state index in [0.717, 1.165) is 6.42 Å². The minimum atomic E-state index is -0.0325. The molecule has 0 aliphatic carbocycles.